The summed E-state index contributed by atoms with van der Waals surface area (Å²) in [6.07, 6.45) is -2.48. The van der Waals surface area contributed by atoms with Gasteiger partial charge in [0.2, 0.25) is 0 Å². The summed E-state index contributed by atoms with van der Waals surface area (Å²) in [6.45, 7) is -0.515. The first-order chi connectivity index (χ1) is 13.7. The average Bonchev–Trinajstić information content (AvgIpc) is 2.67. The second kappa shape index (κ2) is 9.73. The van der Waals surface area contributed by atoms with Gasteiger partial charge in [-0.3, -0.25) is 4.79 Å². The molecule has 156 valence electrons. The van der Waals surface area contributed by atoms with E-state index in [0.29, 0.717) is 10.8 Å². The number of rotatable bonds is 8. The molecule has 29 heavy (non-hydrogen) atoms. The van der Waals surface area contributed by atoms with Gasteiger partial charge in [-0.15, -0.1) is 0 Å². The third-order valence-corrected chi connectivity index (χ3v) is 3.50. The number of halogens is 3. The van der Waals surface area contributed by atoms with Crippen molar-refractivity contribution < 1.29 is 41.7 Å². The Morgan fingerprint density at radius 2 is 1.83 bits per heavy atom. The van der Waals surface area contributed by atoms with E-state index >= 15 is 0 Å². The van der Waals surface area contributed by atoms with Crippen molar-refractivity contribution in [3.63, 3.8) is 0 Å². The Morgan fingerprint density at radius 1 is 1.14 bits per heavy atom. The second-order valence-corrected chi connectivity index (χ2v) is 5.62. The van der Waals surface area contributed by atoms with E-state index in [-0.39, 0.29) is 30.2 Å². The number of esters is 1. The highest BCUT2D eigenvalue weighted by Crippen LogP contribution is 2.35. The van der Waals surface area contributed by atoms with Crippen LogP contribution in [0.1, 0.15) is 15.9 Å². The van der Waals surface area contributed by atoms with Gasteiger partial charge < -0.3 is 24.7 Å². The fraction of sp³-hybridized carbons (Fsp3) is 0.278. The highest BCUT2D eigenvalue weighted by atomic mass is 19.4. The Morgan fingerprint density at radius 3 is 2.45 bits per heavy atom. The molecule has 0 saturated heterocycles. The van der Waals surface area contributed by atoms with Crippen LogP contribution in [-0.4, -0.2) is 38.8 Å². The summed E-state index contributed by atoms with van der Waals surface area (Å²) in [4.78, 5) is 23.9. The van der Waals surface area contributed by atoms with Crippen molar-refractivity contribution in [2.75, 3.05) is 32.2 Å². The largest absolute Gasteiger partial charge is 0.619 e. The molecule has 0 aliphatic rings. The van der Waals surface area contributed by atoms with E-state index in [1.54, 1.807) is 0 Å². The number of pyridine rings is 1. The minimum Gasteiger partial charge on any atom is -0.619 e. The van der Waals surface area contributed by atoms with Gasteiger partial charge in [-0.1, -0.05) is 0 Å². The molecule has 8 nitrogen and oxygen atoms in total. The molecular weight excluding hydrogens is 397 g/mol. The summed E-state index contributed by atoms with van der Waals surface area (Å²) in [6, 6.07) is 4.99. The van der Waals surface area contributed by atoms with Crippen molar-refractivity contribution >= 4 is 17.6 Å². The van der Waals surface area contributed by atoms with Crippen LogP contribution in [0.25, 0.3) is 0 Å². The molecule has 0 aliphatic carbocycles. The number of anilines is 1. The smallest absolute Gasteiger partial charge is 0.416 e. The van der Waals surface area contributed by atoms with Crippen molar-refractivity contribution in [1.29, 1.82) is 0 Å². The molecule has 0 unspecified atom stereocenters. The van der Waals surface area contributed by atoms with Gasteiger partial charge in [0.1, 0.15) is 12.4 Å². The van der Waals surface area contributed by atoms with Crippen LogP contribution >= 0.6 is 0 Å². The molecule has 1 N–H and O–H groups in total. The summed E-state index contributed by atoms with van der Waals surface area (Å²) in [7, 11) is 1.43. The van der Waals surface area contributed by atoms with E-state index in [1.165, 1.54) is 19.2 Å². The molecule has 0 atom stereocenters. The molecule has 11 heteroatoms. The van der Waals surface area contributed by atoms with Gasteiger partial charge in [0.25, 0.3) is 5.91 Å². The number of alkyl halides is 3. The van der Waals surface area contributed by atoms with Crippen LogP contribution in [0.2, 0.25) is 0 Å². The van der Waals surface area contributed by atoms with Crippen LogP contribution in [0.5, 0.6) is 5.75 Å². The average molecular weight is 414 g/mol. The fourth-order valence-electron chi connectivity index (χ4n) is 2.11. The Kier molecular flexibility index (Phi) is 7.37. The lowest BCUT2D eigenvalue weighted by molar-refractivity contribution is -0.605. The number of carbonyl (C=O) groups is 2. The maximum Gasteiger partial charge on any atom is 0.416 e. The molecule has 0 fully saturated rings. The van der Waals surface area contributed by atoms with Crippen LogP contribution in [0.3, 0.4) is 0 Å². The Balaban J connectivity index is 2.06. The first-order valence-electron chi connectivity index (χ1n) is 8.19. The quantitative estimate of drug-likeness (QED) is 0.308. The van der Waals surface area contributed by atoms with Crippen molar-refractivity contribution in [2.45, 2.75) is 6.18 Å². The predicted octanol–water partition coefficient (Wildman–Crippen LogP) is 2.16. The fourth-order valence-corrected chi connectivity index (χ4v) is 2.11. The van der Waals surface area contributed by atoms with Crippen molar-refractivity contribution in [3.8, 4) is 5.75 Å². The molecule has 2 rings (SSSR count). The first kappa shape index (κ1) is 22.0. The standard InChI is InChI=1S/C18H17F3N2O6/c1-27-8-9-28-15-3-2-13(18(19,20)21)10-14(15)22-16(24)11-29-17(25)12-4-6-23(26)7-5-12/h2-7,10H,8-9,11H2,1H3,(H,22,24). The SMILES string of the molecule is COCCOc1ccc(C(F)(F)F)cc1NC(=O)COC(=O)c1cc[n+]([O-])cc1. The normalized spacial score (nSPS) is 11.0. The van der Waals surface area contributed by atoms with Gasteiger partial charge in [0.05, 0.1) is 23.4 Å². The second-order valence-electron chi connectivity index (χ2n) is 5.62. The van der Waals surface area contributed by atoms with Gasteiger partial charge >= 0.3 is 12.1 Å². The number of methoxy groups -OCH3 is 1. The highest BCUT2D eigenvalue weighted by molar-refractivity contribution is 5.96. The number of nitrogens with one attached hydrogen (secondary N) is 1. The number of carbonyl (C=O) groups excluding carboxylic acids is 2. The molecule has 1 aromatic carbocycles. The zero-order valence-corrected chi connectivity index (χ0v) is 15.2. The Labute approximate surface area is 163 Å². The van der Waals surface area contributed by atoms with Crippen LogP contribution in [0, 0.1) is 5.21 Å². The summed E-state index contributed by atoms with van der Waals surface area (Å²) in [5, 5.41) is 13.2. The van der Waals surface area contributed by atoms with Crippen molar-refractivity contribution in [2.24, 2.45) is 0 Å². The number of hydrogen-bond acceptors (Lipinski definition) is 6. The molecule has 2 aromatic rings. The maximum atomic E-state index is 12.9. The predicted molar refractivity (Wildman–Crippen MR) is 93.1 cm³/mol. The topological polar surface area (TPSA) is 101 Å². The number of aromatic nitrogens is 1. The number of amides is 1. The summed E-state index contributed by atoms with van der Waals surface area (Å²) in [5.74, 6) is -1.75. The maximum absolute atomic E-state index is 12.9. The van der Waals surface area contributed by atoms with Crippen LogP contribution < -0.4 is 14.8 Å². The monoisotopic (exact) mass is 414 g/mol. The molecule has 0 bridgehead atoms. The highest BCUT2D eigenvalue weighted by Gasteiger charge is 2.31. The minimum atomic E-state index is -4.62. The third kappa shape index (κ3) is 6.64. The van der Waals surface area contributed by atoms with Gasteiger partial charge in [-0.2, -0.15) is 17.9 Å². The molecule has 1 heterocycles. The third-order valence-electron chi connectivity index (χ3n) is 3.50. The lowest BCUT2D eigenvalue weighted by atomic mass is 10.1. The van der Waals surface area contributed by atoms with Crippen LogP contribution in [0.15, 0.2) is 42.7 Å². The molecule has 0 radical (unpaired) electrons. The van der Waals surface area contributed by atoms with Gasteiger partial charge in [-0.05, 0) is 18.2 Å². The molecule has 0 aliphatic heterocycles. The Hall–Kier alpha value is -3.34. The molecule has 1 aromatic heterocycles. The number of benzene rings is 1. The number of hydrogen-bond donors (Lipinski definition) is 1. The van der Waals surface area contributed by atoms with E-state index in [0.717, 1.165) is 24.5 Å². The van der Waals surface area contributed by atoms with E-state index < -0.39 is 30.2 Å². The first-order valence-corrected chi connectivity index (χ1v) is 8.19. The molecule has 1 amide bonds. The van der Waals surface area contributed by atoms with Crippen LogP contribution in [0.4, 0.5) is 18.9 Å². The molecule has 0 saturated carbocycles. The van der Waals surface area contributed by atoms with Crippen molar-refractivity contribution in [1.82, 2.24) is 0 Å². The minimum absolute atomic E-state index is 0.00205. The number of ether oxygens (including phenoxy) is 3. The van der Waals surface area contributed by atoms with E-state index in [2.05, 4.69) is 5.32 Å². The van der Waals surface area contributed by atoms with Gasteiger partial charge in [0, 0.05) is 19.2 Å². The Bertz CT molecular complexity index is 856. The lowest BCUT2D eigenvalue weighted by Gasteiger charge is -2.15. The summed E-state index contributed by atoms with van der Waals surface area (Å²) in [5.41, 5.74) is -1.18. The van der Waals surface area contributed by atoms with E-state index in [1.807, 2.05) is 0 Å². The van der Waals surface area contributed by atoms with E-state index in [9.17, 15) is 28.0 Å². The van der Waals surface area contributed by atoms with Crippen LogP contribution in [-0.2, 0) is 20.4 Å². The summed E-state index contributed by atoms with van der Waals surface area (Å²) >= 11 is 0. The molecule has 0 spiro atoms. The van der Waals surface area contributed by atoms with E-state index in [4.69, 9.17) is 14.2 Å². The summed E-state index contributed by atoms with van der Waals surface area (Å²) < 4.78 is 54.2. The lowest BCUT2D eigenvalue weighted by Crippen LogP contribution is -2.25. The molecular formula is C18H17F3N2O6. The van der Waals surface area contributed by atoms with Crippen molar-refractivity contribution in [3.05, 3.63) is 59.1 Å². The van der Waals surface area contributed by atoms with Gasteiger partial charge in [0.15, 0.2) is 19.0 Å². The van der Waals surface area contributed by atoms with Gasteiger partial charge in [-0.25, -0.2) is 4.79 Å². The zero-order chi connectivity index (χ0) is 21.4. The number of nitrogens with zero attached hydrogens (tertiary/aromatic N) is 1. The zero-order valence-electron chi connectivity index (χ0n) is 15.2.